The lowest BCUT2D eigenvalue weighted by molar-refractivity contribution is -0.0384. The number of hydrogen-bond acceptors (Lipinski definition) is 5. The van der Waals surface area contributed by atoms with E-state index in [1.807, 2.05) is 7.05 Å². The van der Waals surface area contributed by atoms with Crippen molar-refractivity contribution in [1.29, 1.82) is 0 Å². The van der Waals surface area contributed by atoms with Crippen LogP contribution in [-0.4, -0.2) is 48.6 Å². The molecule has 2 aliphatic rings. The number of aliphatic hydroxyl groups is 1. The molecule has 2 aromatic rings. The fraction of sp³-hybridized carbons (Fsp3) is 0.619. The summed E-state index contributed by atoms with van der Waals surface area (Å²) in [5, 5.41) is 12.7. The molecule has 0 atom stereocenters. The van der Waals surface area contributed by atoms with Gasteiger partial charge in [0, 0.05) is 37.5 Å². The standard InChI is InChI=1S/C21H27F2N5O2/c1-28-12-24-11-18(28)19-26-16(13-6-8-21(22,23)9-7-13)10-17(27-19)20(30)25-14-2-4-15(29)5-3-14/h10-15,29H,2-9H2,1H3,(H,25,30)/t14-,15-. The molecule has 7 nitrogen and oxygen atoms in total. The molecule has 2 saturated carbocycles. The molecule has 2 aliphatic carbocycles. The predicted octanol–water partition coefficient (Wildman–Crippen LogP) is 3.20. The van der Waals surface area contributed by atoms with E-state index >= 15 is 0 Å². The van der Waals surface area contributed by atoms with Crippen LogP contribution < -0.4 is 5.32 Å². The van der Waals surface area contributed by atoms with Crippen molar-refractivity contribution in [1.82, 2.24) is 24.8 Å². The Labute approximate surface area is 174 Å². The number of aliphatic hydroxyl groups excluding tert-OH is 1. The Morgan fingerprint density at radius 1 is 1.17 bits per heavy atom. The molecular formula is C21H27F2N5O2. The minimum atomic E-state index is -2.62. The van der Waals surface area contributed by atoms with Crippen LogP contribution in [0.3, 0.4) is 0 Å². The molecule has 0 radical (unpaired) electrons. The minimum Gasteiger partial charge on any atom is -0.393 e. The molecule has 2 heterocycles. The molecular weight excluding hydrogens is 392 g/mol. The Balaban J connectivity index is 1.60. The highest BCUT2D eigenvalue weighted by molar-refractivity contribution is 5.93. The zero-order valence-electron chi connectivity index (χ0n) is 17.0. The van der Waals surface area contributed by atoms with Crippen molar-refractivity contribution in [2.75, 3.05) is 0 Å². The Hall–Kier alpha value is -2.42. The number of aromatic nitrogens is 4. The first-order valence-electron chi connectivity index (χ1n) is 10.5. The SMILES string of the molecule is Cn1cncc1-c1nc(C(=O)N[C@H]2CC[C@H](O)CC2)cc(C2CCC(F)(F)CC2)n1. The summed E-state index contributed by atoms with van der Waals surface area (Å²) in [6.07, 6.45) is 6.03. The van der Waals surface area contributed by atoms with Crippen LogP contribution >= 0.6 is 0 Å². The number of carbonyl (C=O) groups is 1. The number of amides is 1. The van der Waals surface area contributed by atoms with Crippen LogP contribution in [0.4, 0.5) is 8.78 Å². The smallest absolute Gasteiger partial charge is 0.270 e. The van der Waals surface area contributed by atoms with Crippen LogP contribution in [0, 0.1) is 0 Å². The van der Waals surface area contributed by atoms with Crippen molar-refractivity contribution in [3.8, 4) is 11.5 Å². The lowest BCUT2D eigenvalue weighted by atomic mass is 9.84. The minimum absolute atomic E-state index is 0.00663. The van der Waals surface area contributed by atoms with Gasteiger partial charge in [-0.25, -0.2) is 23.7 Å². The number of rotatable bonds is 4. The summed E-state index contributed by atoms with van der Waals surface area (Å²) in [6, 6.07) is 1.63. The van der Waals surface area contributed by atoms with Crippen LogP contribution in [0.15, 0.2) is 18.6 Å². The molecule has 2 N–H and O–H groups in total. The lowest BCUT2D eigenvalue weighted by Crippen LogP contribution is -2.39. The van der Waals surface area contributed by atoms with Crippen LogP contribution in [0.1, 0.15) is 73.5 Å². The van der Waals surface area contributed by atoms with Gasteiger partial charge in [-0.1, -0.05) is 0 Å². The van der Waals surface area contributed by atoms with E-state index in [0.717, 1.165) is 12.8 Å². The van der Waals surface area contributed by atoms with Crippen molar-refractivity contribution < 1.29 is 18.7 Å². The normalized spacial score (nSPS) is 24.5. The van der Waals surface area contributed by atoms with Gasteiger partial charge in [-0.2, -0.15) is 0 Å². The monoisotopic (exact) mass is 419 g/mol. The van der Waals surface area contributed by atoms with Crippen LogP contribution in [0.2, 0.25) is 0 Å². The molecule has 0 aliphatic heterocycles. The van der Waals surface area contributed by atoms with Gasteiger partial charge >= 0.3 is 0 Å². The van der Waals surface area contributed by atoms with E-state index in [1.165, 1.54) is 0 Å². The molecule has 0 bridgehead atoms. The average molecular weight is 419 g/mol. The summed E-state index contributed by atoms with van der Waals surface area (Å²) in [4.78, 5) is 26.1. The van der Waals surface area contributed by atoms with Crippen molar-refractivity contribution in [3.63, 3.8) is 0 Å². The molecule has 1 amide bonds. The molecule has 0 aromatic carbocycles. The Morgan fingerprint density at radius 2 is 1.87 bits per heavy atom. The fourth-order valence-electron chi connectivity index (χ4n) is 4.29. The van der Waals surface area contributed by atoms with Gasteiger partial charge in [-0.05, 0) is 44.6 Å². The molecule has 0 saturated heterocycles. The maximum Gasteiger partial charge on any atom is 0.270 e. The number of nitrogens with one attached hydrogen (secondary N) is 1. The second-order valence-corrected chi connectivity index (χ2v) is 8.50. The van der Waals surface area contributed by atoms with Gasteiger partial charge < -0.3 is 15.0 Å². The number of imidazole rings is 1. The van der Waals surface area contributed by atoms with Crippen LogP contribution in [0.5, 0.6) is 0 Å². The number of hydrogen-bond donors (Lipinski definition) is 2. The molecule has 2 fully saturated rings. The van der Waals surface area contributed by atoms with Gasteiger partial charge in [0.2, 0.25) is 5.92 Å². The van der Waals surface area contributed by atoms with Gasteiger partial charge in [0.15, 0.2) is 5.82 Å². The highest BCUT2D eigenvalue weighted by atomic mass is 19.3. The van der Waals surface area contributed by atoms with E-state index < -0.39 is 5.92 Å². The summed E-state index contributed by atoms with van der Waals surface area (Å²) in [7, 11) is 1.81. The number of aryl methyl sites for hydroxylation is 1. The molecule has 30 heavy (non-hydrogen) atoms. The molecule has 4 rings (SSSR count). The zero-order chi connectivity index (χ0) is 21.3. The van der Waals surface area contributed by atoms with Gasteiger partial charge in [0.05, 0.1) is 18.6 Å². The van der Waals surface area contributed by atoms with Gasteiger partial charge in [0.25, 0.3) is 5.91 Å². The first-order valence-corrected chi connectivity index (χ1v) is 10.5. The third-order valence-corrected chi connectivity index (χ3v) is 6.19. The third-order valence-electron chi connectivity index (χ3n) is 6.19. The highest BCUT2D eigenvalue weighted by Crippen LogP contribution is 2.40. The Kier molecular flexibility index (Phi) is 5.81. The first-order chi connectivity index (χ1) is 14.3. The van der Waals surface area contributed by atoms with Gasteiger partial charge in [-0.15, -0.1) is 0 Å². The van der Waals surface area contributed by atoms with Gasteiger partial charge in [-0.3, -0.25) is 4.79 Å². The summed E-state index contributed by atoms with van der Waals surface area (Å²) < 4.78 is 29.0. The van der Waals surface area contributed by atoms with E-state index in [4.69, 9.17) is 0 Å². The van der Waals surface area contributed by atoms with Crippen LogP contribution in [-0.2, 0) is 7.05 Å². The predicted molar refractivity (Wildman–Crippen MR) is 106 cm³/mol. The Bertz CT molecular complexity index is 899. The molecule has 162 valence electrons. The summed E-state index contributed by atoms with van der Waals surface area (Å²) >= 11 is 0. The fourth-order valence-corrected chi connectivity index (χ4v) is 4.29. The van der Waals surface area contributed by atoms with E-state index in [2.05, 4.69) is 20.3 Å². The van der Waals surface area contributed by atoms with Gasteiger partial charge in [0.1, 0.15) is 11.4 Å². The maximum absolute atomic E-state index is 13.6. The second kappa shape index (κ2) is 8.37. The number of alkyl halides is 2. The highest BCUT2D eigenvalue weighted by Gasteiger charge is 2.36. The summed E-state index contributed by atoms with van der Waals surface area (Å²) in [6.45, 7) is 0. The zero-order valence-corrected chi connectivity index (χ0v) is 17.0. The van der Waals surface area contributed by atoms with E-state index in [9.17, 15) is 18.7 Å². The molecule has 2 aromatic heterocycles. The number of carbonyl (C=O) groups excluding carboxylic acids is 1. The average Bonchev–Trinajstić information content (AvgIpc) is 3.15. The molecule has 0 unspecified atom stereocenters. The van der Waals surface area contributed by atoms with E-state index in [0.29, 0.717) is 42.9 Å². The molecule has 9 heteroatoms. The van der Waals surface area contributed by atoms with E-state index in [-0.39, 0.29) is 42.5 Å². The number of halogens is 2. The third kappa shape index (κ3) is 4.66. The second-order valence-electron chi connectivity index (χ2n) is 8.50. The van der Waals surface area contributed by atoms with Crippen LogP contribution in [0.25, 0.3) is 11.5 Å². The van der Waals surface area contributed by atoms with E-state index in [1.54, 1.807) is 23.2 Å². The number of nitrogens with zero attached hydrogens (tertiary/aromatic N) is 4. The summed E-state index contributed by atoms with van der Waals surface area (Å²) in [5.41, 5.74) is 1.52. The van der Waals surface area contributed by atoms with Crippen molar-refractivity contribution in [2.45, 2.75) is 75.4 Å². The topological polar surface area (TPSA) is 92.9 Å². The Morgan fingerprint density at radius 3 is 2.50 bits per heavy atom. The van der Waals surface area contributed by atoms with Crippen molar-refractivity contribution in [3.05, 3.63) is 30.0 Å². The first kappa shape index (κ1) is 20.8. The summed E-state index contributed by atoms with van der Waals surface area (Å²) in [5.74, 6) is -2.69. The molecule has 0 spiro atoms. The van der Waals surface area contributed by atoms with Crippen molar-refractivity contribution >= 4 is 5.91 Å². The quantitative estimate of drug-likeness (QED) is 0.794. The lowest BCUT2D eigenvalue weighted by Gasteiger charge is -2.28. The maximum atomic E-state index is 13.6. The van der Waals surface area contributed by atoms with Crippen molar-refractivity contribution in [2.24, 2.45) is 7.05 Å². The largest absolute Gasteiger partial charge is 0.393 e.